The molecule has 3 heterocycles. The summed E-state index contributed by atoms with van der Waals surface area (Å²) in [5, 5.41) is 4.30. The van der Waals surface area contributed by atoms with E-state index < -0.39 is 11.7 Å². The van der Waals surface area contributed by atoms with Gasteiger partial charge in [0.25, 0.3) is 0 Å². The quantitative estimate of drug-likeness (QED) is 0.177. The average Bonchev–Trinajstić information content (AvgIpc) is 3.74. The van der Waals surface area contributed by atoms with Crippen molar-refractivity contribution in [2.24, 2.45) is 0 Å². The standard InChI is InChI=1S/C46H27F3N4S/c47-46(48,49)37-20-10-7-17-31(37)34-25-30(45-51-43(28-13-3-1-4-14-28)50-44(52-45)29-15-5-2-6-16-29)23-24-39(34)53-38-21-11-8-18-32(38)35-27-42-36(26-40(35)53)33-19-9-12-22-41(33)54-42/h1-27H. The molecular weight excluding hydrogens is 698 g/mol. The zero-order chi connectivity index (χ0) is 36.4. The van der Waals surface area contributed by atoms with Crippen LogP contribution in [0.1, 0.15) is 5.56 Å². The minimum atomic E-state index is -4.60. The Balaban J connectivity index is 1.28. The smallest absolute Gasteiger partial charge is 0.309 e. The minimum absolute atomic E-state index is 0.0652. The number of halogens is 3. The van der Waals surface area contributed by atoms with Crippen LogP contribution in [0.4, 0.5) is 13.2 Å². The molecule has 54 heavy (non-hydrogen) atoms. The van der Waals surface area contributed by atoms with Crippen molar-refractivity contribution in [1.29, 1.82) is 0 Å². The van der Waals surface area contributed by atoms with Crippen molar-refractivity contribution in [2.45, 2.75) is 6.18 Å². The lowest BCUT2D eigenvalue weighted by Crippen LogP contribution is -2.08. The molecule has 0 atom stereocenters. The molecule has 0 fully saturated rings. The molecule has 0 aliphatic rings. The average molecular weight is 725 g/mol. The van der Waals surface area contributed by atoms with E-state index in [9.17, 15) is 13.2 Å². The van der Waals surface area contributed by atoms with Gasteiger partial charge in [0.1, 0.15) is 0 Å². The summed E-state index contributed by atoms with van der Waals surface area (Å²) in [6.45, 7) is 0. The van der Waals surface area contributed by atoms with Crippen molar-refractivity contribution in [3.63, 3.8) is 0 Å². The van der Waals surface area contributed by atoms with Gasteiger partial charge in [0.15, 0.2) is 17.5 Å². The van der Waals surface area contributed by atoms with Gasteiger partial charge in [-0.1, -0.05) is 115 Å². The van der Waals surface area contributed by atoms with Crippen LogP contribution in [0.5, 0.6) is 0 Å². The second-order valence-corrected chi connectivity index (χ2v) is 14.2. The Labute approximate surface area is 311 Å². The Morgan fingerprint density at radius 2 is 1.02 bits per heavy atom. The highest BCUT2D eigenvalue weighted by Gasteiger charge is 2.34. The Morgan fingerprint density at radius 1 is 0.426 bits per heavy atom. The maximum absolute atomic E-state index is 14.9. The Hall–Kier alpha value is -6.64. The van der Waals surface area contributed by atoms with Crippen LogP contribution in [0.2, 0.25) is 0 Å². The molecule has 8 heteroatoms. The number of alkyl halides is 3. The van der Waals surface area contributed by atoms with Gasteiger partial charge in [0.2, 0.25) is 0 Å². The Bertz CT molecular complexity index is 2980. The summed E-state index contributed by atoms with van der Waals surface area (Å²) in [4.78, 5) is 14.6. The van der Waals surface area contributed by atoms with E-state index in [2.05, 4.69) is 34.9 Å². The van der Waals surface area contributed by atoms with E-state index in [4.69, 9.17) is 15.0 Å². The molecule has 0 N–H and O–H groups in total. The highest BCUT2D eigenvalue weighted by molar-refractivity contribution is 7.25. The van der Waals surface area contributed by atoms with Crippen molar-refractivity contribution in [3.8, 4) is 51.0 Å². The molecule has 3 aromatic heterocycles. The second kappa shape index (κ2) is 12.5. The number of hydrogen-bond acceptors (Lipinski definition) is 4. The van der Waals surface area contributed by atoms with Gasteiger partial charge < -0.3 is 4.57 Å². The van der Waals surface area contributed by atoms with E-state index in [1.54, 1.807) is 29.5 Å². The van der Waals surface area contributed by atoms with E-state index in [0.717, 1.165) is 54.5 Å². The van der Waals surface area contributed by atoms with Crippen LogP contribution in [0, 0.1) is 0 Å². The maximum Gasteiger partial charge on any atom is 0.417 e. The van der Waals surface area contributed by atoms with Gasteiger partial charge in [-0.05, 0) is 54.1 Å². The van der Waals surface area contributed by atoms with Crippen molar-refractivity contribution in [2.75, 3.05) is 0 Å². The molecule has 0 radical (unpaired) electrons. The molecule has 10 aromatic rings. The third kappa shape index (κ3) is 5.33. The normalized spacial score (nSPS) is 12.0. The largest absolute Gasteiger partial charge is 0.417 e. The first-order valence-corrected chi connectivity index (χ1v) is 18.3. The number of thiophene rings is 1. The SMILES string of the molecule is FC(F)(F)c1ccccc1-c1cc(-c2nc(-c3ccccc3)nc(-c3ccccc3)n2)ccc1-n1c2ccccc2c2cc3sc4ccccc4c3cc21. The third-order valence-corrected chi connectivity index (χ3v) is 11.0. The summed E-state index contributed by atoms with van der Waals surface area (Å²) in [6.07, 6.45) is -4.60. The van der Waals surface area contributed by atoms with Crippen LogP contribution in [0.15, 0.2) is 164 Å². The van der Waals surface area contributed by atoms with Crippen LogP contribution in [0.25, 0.3) is 93.0 Å². The highest BCUT2D eigenvalue weighted by atomic mass is 32.1. The van der Waals surface area contributed by atoms with Crippen molar-refractivity contribution in [3.05, 3.63) is 169 Å². The van der Waals surface area contributed by atoms with Crippen molar-refractivity contribution >= 4 is 53.3 Å². The van der Waals surface area contributed by atoms with E-state index in [0.29, 0.717) is 34.3 Å². The summed E-state index contributed by atoms with van der Waals surface area (Å²) in [5.74, 6) is 1.29. The molecule has 7 aromatic carbocycles. The molecule has 0 saturated heterocycles. The van der Waals surface area contributed by atoms with Gasteiger partial charge in [0.05, 0.1) is 22.3 Å². The lowest BCUT2D eigenvalue weighted by molar-refractivity contribution is -0.137. The molecule has 0 aliphatic heterocycles. The lowest BCUT2D eigenvalue weighted by Gasteiger charge is -2.19. The topological polar surface area (TPSA) is 43.6 Å². The summed E-state index contributed by atoms with van der Waals surface area (Å²) >= 11 is 1.74. The van der Waals surface area contributed by atoms with Crippen molar-refractivity contribution < 1.29 is 13.2 Å². The van der Waals surface area contributed by atoms with Gasteiger partial charge in [-0.2, -0.15) is 13.2 Å². The van der Waals surface area contributed by atoms with Gasteiger partial charge >= 0.3 is 6.18 Å². The first-order chi connectivity index (χ1) is 26.4. The summed E-state index contributed by atoms with van der Waals surface area (Å²) < 4.78 is 49.0. The van der Waals surface area contributed by atoms with Crippen LogP contribution >= 0.6 is 11.3 Å². The molecule has 0 saturated carbocycles. The molecule has 0 bridgehead atoms. The predicted octanol–water partition coefficient (Wildman–Crippen LogP) is 13.0. The fourth-order valence-corrected chi connectivity index (χ4v) is 8.56. The number of para-hydroxylation sites is 1. The summed E-state index contributed by atoms with van der Waals surface area (Å²) in [5.41, 5.74) is 4.33. The monoisotopic (exact) mass is 724 g/mol. The minimum Gasteiger partial charge on any atom is -0.309 e. The summed E-state index contributed by atoms with van der Waals surface area (Å²) in [7, 11) is 0. The Morgan fingerprint density at radius 3 is 1.72 bits per heavy atom. The number of aromatic nitrogens is 4. The number of hydrogen-bond donors (Lipinski definition) is 0. The van der Waals surface area contributed by atoms with Gasteiger partial charge in [-0.25, -0.2) is 15.0 Å². The van der Waals surface area contributed by atoms with Crippen LogP contribution < -0.4 is 0 Å². The molecule has 0 aliphatic carbocycles. The summed E-state index contributed by atoms with van der Waals surface area (Å²) in [6, 6.07) is 51.4. The lowest BCUT2D eigenvalue weighted by atomic mass is 9.95. The fraction of sp³-hybridized carbons (Fsp3) is 0.0217. The number of nitrogens with zero attached hydrogens (tertiary/aromatic N) is 4. The van der Waals surface area contributed by atoms with Crippen LogP contribution in [-0.4, -0.2) is 19.5 Å². The van der Waals surface area contributed by atoms with E-state index in [1.165, 1.54) is 10.8 Å². The molecule has 0 unspecified atom stereocenters. The number of fused-ring (bicyclic) bond motifs is 6. The predicted molar refractivity (Wildman–Crippen MR) is 214 cm³/mol. The first-order valence-electron chi connectivity index (χ1n) is 17.4. The zero-order valence-corrected chi connectivity index (χ0v) is 29.2. The van der Waals surface area contributed by atoms with E-state index in [-0.39, 0.29) is 5.56 Å². The number of rotatable bonds is 5. The molecular formula is C46H27F3N4S. The third-order valence-electron chi connectivity index (χ3n) is 9.89. The molecule has 4 nitrogen and oxygen atoms in total. The molecule has 10 rings (SSSR count). The van der Waals surface area contributed by atoms with Crippen molar-refractivity contribution in [1.82, 2.24) is 19.5 Å². The molecule has 0 spiro atoms. The molecule has 258 valence electrons. The van der Waals surface area contributed by atoms with E-state index >= 15 is 0 Å². The number of benzene rings is 7. The zero-order valence-electron chi connectivity index (χ0n) is 28.4. The van der Waals surface area contributed by atoms with Crippen LogP contribution in [0.3, 0.4) is 0 Å². The fourth-order valence-electron chi connectivity index (χ4n) is 7.44. The van der Waals surface area contributed by atoms with Gasteiger partial charge in [0, 0.05) is 53.2 Å². The maximum atomic E-state index is 14.9. The van der Waals surface area contributed by atoms with Gasteiger partial charge in [-0.15, -0.1) is 11.3 Å². The first kappa shape index (κ1) is 32.0. The Kier molecular flexibility index (Phi) is 7.42. The second-order valence-electron chi connectivity index (χ2n) is 13.1. The van der Waals surface area contributed by atoms with Crippen LogP contribution in [-0.2, 0) is 6.18 Å². The van der Waals surface area contributed by atoms with E-state index in [1.807, 2.05) is 103 Å². The molecule has 0 amide bonds. The highest BCUT2D eigenvalue weighted by Crippen LogP contribution is 2.45. The van der Waals surface area contributed by atoms with Gasteiger partial charge in [-0.3, -0.25) is 0 Å².